The van der Waals surface area contributed by atoms with Crippen molar-refractivity contribution < 1.29 is 4.74 Å². The summed E-state index contributed by atoms with van der Waals surface area (Å²) in [5, 5.41) is 0.652. The highest BCUT2D eigenvalue weighted by atomic mass is 79.9. The van der Waals surface area contributed by atoms with Crippen LogP contribution in [0, 0.1) is 0 Å². The van der Waals surface area contributed by atoms with Gasteiger partial charge in [0.15, 0.2) is 0 Å². The third kappa shape index (κ3) is 4.20. The summed E-state index contributed by atoms with van der Waals surface area (Å²) >= 11 is 9.27. The highest BCUT2D eigenvalue weighted by Gasteiger charge is 2.05. The van der Waals surface area contributed by atoms with Crippen LogP contribution in [-0.2, 0) is 6.42 Å². The first kappa shape index (κ1) is 14.3. The first-order valence-electron chi connectivity index (χ1n) is 5.88. The van der Waals surface area contributed by atoms with Crippen molar-refractivity contribution >= 4 is 27.5 Å². The van der Waals surface area contributed by atoms with Crippen molar-refractivity contribution in [2.24, 2.45) is 5.73 Å². The molecule has 2 aromatic rings. The van der Waals surface area contributed by atoms with Gasteiger partial charge < -0.3 is 10.5 Å². The molecule has 0 aliphatic carbocycles. The minimum Gasteiger partial charge on any atom is -0.438 e. The van der Waals surface area contributed by atoms with E-state index in [0.29, 0.717) is 16.7 Å². The molecule has 100 valence electrons. The van der Waals surface area contributed by atoms with Gasteiger partial charge >= 0.3 is 0 Å². The second-order valence-electron chi connectivity index (χ2n) is 4.36. The van der Waals surface area contributed by atoms with Gasteiger partial charge in [0.2, 0.25) is 5.88 Å². The van der Waals surface area contributed by atoms with Crippen LogP contribution >= 0.6 is 27.5 Å². The number of aromatic nitrogens is 1. The Hall–Kier alpha value is -1.10. The zero-order chi connectivity index (χ0) is 13.8. The van der Waals surface area contributed by atoms with Crippen LogP contribution in [0.15, 0.2) is 41.0 Å². The fraction of sp³-hybridized carbons (Fsp3) is 0.214. The standard InChI is InChI=1S/C14H14BrClN2O/c1-9(17)6-10-2-5-14(18-8-10)19-13-4-3-11(16)7-12(13)15/h2-5,7-9H,6,17H2,1H3. The van der Waals surface area contributed by atoms with Crippen LogP contribution in [0.2, 0.25) is 5.02 Å². The molecular formula is C14H14BrClN2O. The van der Waals surface area contributed by atoms with Crippen LogP contribution in [0.3, 0.4) is 0 Å². The molecule has 0 spiro atoms. The van der Waals surface area contributed by atoms with E-state index in [1.807, 2.05) is 19.1 Å². The molecule has 0 saturated carbocycles. The van der Waals surface area contributed by atoms with Crippen LogP contribution in [0.25, 0.3) is 0 Å². The Balaban J connectivity index is 2.10. The largest absolute Gasteiger partial charge is 0.438 e. The highest BCUT2D eigenvalue weighted by molar-refractivity contribution is 9.10. The van der Waals surface area contributed by atoms with Gasteiger partial charge in [0.1, 0.15) is 5.75 Å². The Kier molecular flexibility index (Phi) is 4.80. The minimum atomic E-state index is 0.124. The second kappa shape index (κ2) is 6.37. The number of hydrogen-bond donors (Lipinski definition) is 1. The molecule has 1 aromatic heterocycles. The van der Waals surface area contributed by atoms with Crippen molar-refractivity contribution in [3.05, 3.63) is 51.6 Å². The predicted molar refractivity (Wildman–Crippen MR) is 80.8 cm³/mol. The highest BCUT2D eigenvalue weighted by Crippen LogP contribution is 2.31. The monoisotopic (exact) mass is 340 g/mol. The fourth-order valence-electron chi connectivity index (χ4n) is 1.63. The molecule has 0 radical (unpaired) electrons. The maximum Gasteiger partial charge on any atom is 0.219 e. The number of nitrogens with zero attached hydrogens (tertiary/aromatic N) is 1. The van der Waals surface area contributed by atoms with E-state index in [1.165, 1.54) is 0 Å². The van der Waals surface area contributed by atoms with Gasteiger partial charge in [-0.05, 0) is 53.0 Å². The lowest BCUT2D eigenvalue weighted by Gasteiger charge is -2.08. The lowest BCUT2D eigenvalue weighted by Crippen LogP contribution is -2.17. The van der Waals surface area contributed by atoms with Gasteiger partial charge in [-0.1, -0.05) is 17.7 Å². The molecule has 0 aliphatic heterocycles. The Morgan fingerprint density at radius 2 is 2.16 bits per heavy atom. The number of hydrogen-bond acceptors (Lipinski definition) is 3. The molecule has 5 heteroatoms. The van der Waals surface area contributed by atoms with E-state index in [0.717, 1.165) is 16.5 Å². The predicted octanol–water partition coefficient (Wildman–Crippen LogP) is 4.18. The SMILES string of the molecule is CC(N)Cc1ccc(Oc2ccc(Cl)cc2Br)nc1. The molecule has 0 aliphatic rings. The molecule has 2 rings (SSSR count). The number of ether oxygens (including phenoxy) is 1. The van der Waals surface area contributed by atoms with Crippen LogP contribution in [0.1, 0.15) is 12.5 Å². The van der Waals surface area contributed by atoms with Gasteiger partial charge in [-0.3, -0.25) is 0 Å². The van der Waals surface area contributed by atoms with Gasteiger partial charge in [0.05, 0.1) is 4.47 Å². The topological polar surface area (TPSA) is 48.1 Å². The van der Waals surface area contributed by atoms with Crippen molar-refractivity contribution in [1.29, 1.82) is 0 Å². The maximum atomic E-state index is 5.88. The van der Waals surface area contributed by atoms with E-state index >= 15 is 0 Å². The van der Waals surface area contributed by atoms with Crippen LogP contribution < -0.4 is 10.5 Å². The molecule has 2 N–H and O–H groups in total. The van der Waals surface area contributed by atoms with Crippen molar-refractivity contribution in [3.63, 3.8) is 0 Å². The average Bonchev–Trinajstić information content (AvgIpc) is 2.34. The molecule has 1 aromatic carbocycles. The van der Waals surface area contributed by atoms with Gasteiger partial charge in [-0.25, -0.2) is 4.98 Å². The zero-order valence-electron chi connectivity index (χ0n) is 10.4. The molecule has 1 unspecified atom stereocenters. The molecule has 0 saturated heterocycles. The number of rotatable bonds is 4. The van der Waals surface area contributed by atoms with Gasteiger partial charge in [0, 0.05) is 23.3 Å². The molecular weight excluding hydrogens is 328 g/mol. The van der Waals surface area contributed by atoms with Crippen molar-refractivity contribution in [3.8, 4) is 11.6 Å². The van der Waals surface area contributed by atoms with E-state index < -0.39 is 0 Å². The summed E-state index contributed by atoms with van der Waals surface area (Å²) in [5.41, 5.74) is 6.84. The average molecular weight is 342 g/mol. The number of pyridine rings is 1. The van der Waals surface area contributed by atoms with Gasteiger partial charge in [-0.15, -0.1) is 0 Å². The summed E-state index contributed by atoms with van der Waals surface area (Å²) in [6.45, 7) is 1.97. The Morgan fingerprint density at radius 3 is 2.74 bits per heavy atom. The van der Waals surface area contributed by atoms with Crippen LogP contribution in [-0.4, -0.2) is 11.0 Å². The summed E-state index contributed by atoms with van der Waals surface area (Å²) in [7, 11) is 0. The van der Waals surface area contributed by atoms with Crippen molar-refractivity contribution in [2.45, 2.75) is 19.4 Å². The zero-order valence-corrected chi connectivity index (χ0v) is 12.8. The molecule has 0 bridgehead atoms. The smallest absolute Gasteiger partial charge is 0.219 e. The lowest BCUT2D eigenvalue weighted by molar-refractivity contribution is 0.459. The first-order chi connectivity index (χ1) is 9.04. The Labute approximate surface area is 125 Å². The van der Waals surface area contributed by atoms with Crippen molar-refractivity contribution in [2.75, 3.05) is 0 Å². The second-order valence-corrected chi connectivity index (χ2v) is 5.65. The van der Waals surface area contributed by atoms with E-state index in [2.05, 4.69) is 20.9 Å². The van der Waals surface area contributed by atoms with E-state index in [-0.39, 0.29) is 6.04 Å². The van der Waals surface area contributed by atoms with Crippen LogP contribution in [0.4, 0.5) is 0 Å². The quantitative estimate of drug-likeness (QED) is 0.907. The summed E-state index contributed by atoms with van der Waals surface area (Å²) in [6, 6.07) is 9.27. The number of nitrogens with two attached hydrogens (primary N) is 1. The third-order valence-electron chi connectivity index (χ3n) is 2.46. The minimum absolute atomic E-state index is 0.124. The number of halogens is 2. The summed E-state index contributed by atoms with van der Waals surface area (Å²) in [5.74, 6) is 1.22. The van der Waals surface area contributed by atoms with Gasteiger partial charge in [0.25, 0.3) is 0 Å². The molecule has 1 heterocycles. The third-order valence-corrected chi connectivity index (χ3v) is 3.32. The molecule has 1 atom stereocenters. The lowest BCUT2D eigenvalue weighted by atomic mass is 10.1. The van der Waals surface area contributed by atoms with E-state index in [9.17, 15) is 0 Å². The van der Waals surface area contributed by atoms with Crippen molar-refractivity contribution in [1.82, 2.24) is 4.98 Å². The number of benzene rings is 1. The summed E-state index contributed by atoms with van der Waals surface area (Å²) in [4.78, 5) is 4.26. The fourth-order valence-corrected chi connectivity index (χ4v) is 2.40. The first-order valence-corrected chi connectivity index (χ1v) is 7.05. The molecule has 0 fully saturated rings. The van der Waals surface area contributed by atoms with Crippen LogP contribution in [0.5, 0.6) is 11.6 Å². The Bertz CT molecular complexity index is 558. The van der Waals surface area contributed by atoms with Gasteiger partial charge in [-0.2, -0.15) is 0 Å². The maximum absolute atomic E-state index is 5.88. The van der Waals surface area contributed by atoms with E-state index in [1.54, 1.807) is 24.4 Å². The molecule has 3 nitrogen and oxygen atoms in total. The Morgan fingerprint density at radius 1 is 1.37 bits per heavy atom. The summed E-state index contributed by atoms with van der Waals surface area (Å²) < 4.78 is 6.47. The molecule has 0 amide bonds. The summed E-state index contributed by atoms with van der Waals surface area (Å²) in [6.07, 6.45) is 2.58. The molecule has 19 heavy (non-hydrogen) atoms. The normalized spacial score (nSPS) is 12.2. The van der Waals surface area contributed by atoms with E-state index in [4.69, 9.17) is 22.1 Å².